The Balaban J connectivity index is 1.89. The fraction of sp³-hybridized carbons (Fsp3) is 0.556. The third-order valence-electron chi connectivity index (χ3n) is 4.42. The standard InChI is InChI=1S/C18H27N3O2/c1-14(21-10-4-5-11-21)9-12-20(3)18(23)16-7-6-8-17(13-16)19-15(2)22/h6-8,13-14H,4-5,9-12H2,1-3H3,(H,19,22)/t14-/m1/s1. The van der Waals surface area contributed by atoms with Crippen molar-refractivity contribution >= 4 is 17.5 Å². The van der Waals surface area contributed by atoms with Crippen LogP contribution in [0.2, 0.25) is 0 Å². The summed E-state index contributed by atoms with van der Waals surface area (Å²) in [5.41, 5.74) is 1.26. The van der Waals surface area contributed by atoms with E-state index in [0.717, 1.165) is 13.0 Å². The number of anilines is 1. The minimum atomic E-state index is -0.137. The lowest BCUT2D eigenvalue weighted by Crippen LogP contribution is -2.35. The zero-order valence-electron chi connectivity index (χ0n) is 14.3. The van der Waals surface area contributed by atoms with Crippen LogP contribution in [-0.4, -0.2) is 54.3 Å². The van der Waals surface area contributed by atoms with Crippen molar-refractivity contribution in [3.05, 3.63) is 29.8 Å². The van der Waals surface area contributed by atoms with Crippen molar-refractivity contribution in [2.75, 3.05) is 32.0 Å². The van der Waals surface area contributed by atoms with Crippen molar-refractivity contribution in [3.8, 4) is 0 Å². The molecule has 1 N–H and O–H groups in total. The van der Waals surface area contributed by atoms with Gasteiger partial charge in [0.15, 0.2) is 0 Å². The summed E-state index contributed by atoms with van der Waals surface area (Å²) < 4.78 is 0. The van der Waals surface area contributed by atoms with Gasteiger partial charge in [-0.1, -0.05) is 6.07 Å². The second-order valence-electron chi connectivity index (χ2n) is 6.37. The molecule has 2 amide bonds. The van der Waals surface area contributed by atoms with E-state index in [0.29, 0.717) is 17.3 Å². The molecular weight excluding hydrogens is 290 g/mol. The van der Waals surface area contributed by atoms with Crippen LogP contribution in [0, 0.1) is 0 Å². The quantitative estimate of drug-likeness (QED) is 0.877. The molecule has 0 spiro atoms. The number of hydrogen-bond donors (Lipinski definition) is 1. The Morgan fingerprint density at radius 3 is 2.65 bits per heavy atom. The molecule has 2 rings (SSSR count). The number of hydrogen-bond acceptors (Lipinski definition) is 3. The largest absolute Gasteiger partial charge is 0.342 e. The Bertz CT molecular complexity index is 553. The first-order valence-electron chi connectivity index (χ1n) is 8.34. The molecule has 0 radical (unpaired) electrons. The van der Waals surface area contributed by atoms with Gasteiger partial charge < -0.3 is 15.1 Å². The molecule has 0 saturated carbocycles. The molecule has 0 aliphatic carbocycles. The van der Waals surface area contributed by atoms with E-state index in [1.165, 1.54) is 32.9 Å². The van der Waals surface area contributed by atoms with Crippen molar-refractivity contribution in [1.29, 1.82) is 0 Å². The zero-order chi connectivity index (χ0) is 16.8. The first-order valence-corrected chi connectivity index (χ1v) is 8.34. The third kappa shape index (κ3) is 5.06. The first-order chi connectivity index (χ1) is 11.0. The summed E-state index contributed by atoms with van der Waals surface area (Å²) in [5, 5.41) is 2.71. The van der Waals surface area contributed by atoms with E-state index in [4.69, 9.17) is 0 Å². The molecule has 1 aliphatic heterocycles. The highest BCUT2D eigenvalue weighted by molar-refractivity contribution is 5.96. The number of likely N-dealkylation sites (tertiary alicyclic amines) is 1. The van der Waals surface area contributed by atoms with Gasteiger partial charge in [-0.15, -0.1) is 0 Å². The smallest absolute Gasteiger partial charge is 0.253 e. The molecule has 0 unspecified atom stereocenters. The molecule has 126 valence electrons. The summed E-state index contributed by atoms with van der Waals surface area (Å²) in [6, 6.07) is 7.60. The van der Waals surface area contributed by atoms with E-state index < -0.39 is 0 Å². The van der Waals surface area contributed by atoms with Gasteiger partial charge in [-0.25, -0.2) is 0 Å². The third-order valence-corrected chi connectivity index (χ3v) is 4.42. The summed E-state index contributed by atoms with van der Waals surface area (Å²) in [6.07, 6.45) is 3.55. The first kappa shape index (κ1) is 17.5. The number of nitrogens with zero attached hydrogens (tertiary/aromatic N) is 2. The number of amides is 2. The van der Waals surface area contributed by atoms with Gasteiger partial charge in [0.25, 0.3) is 5.91 Å². The van der Waals surface area contributed by atoms with Gasteiger partial charge in [0.05, 0.1) is 0 Å². The van der Waals surface area contributed by atoms with Gasteiger partial charge in [0, 0.05) is 37.8 Å². The summed E-state index contributed by atoms with van der Waals surface area (Å²) in [7, 11) is 1.84. The van der Waals surface area contributed by atoms with Gasteiger partial charge in [-0.3, -0.25) is 9.59 Å². The number of nitrogens with one attached hydrogen (secondary N) is 1. The van der Waals surface area contributed by atoms with Crippen molar-refractivity contribution in [3.63, 3.8) is 0 Å². The number of carbonyl (C=O) groups is 2. The van der Waals surface area contributed by atoms with Gasteiger partial charge >= 0.3 is 0 Å². The molecule has 1 heterocycles. The van der Waals surface area contributed by atoms with Crippen molar-refractivity contribution in [2.45, 2.75) is 39.2 Å². The van der Waals surface area contributed by atoms with Crippen LogP contribution in [0.1, 0.15) is 43.5 Å². The predicted molar refractivity (Wildman–Crippen MR) is 92.6 cm³/mol. The lowest BCUT2D eigenvalue weighted by Gasteiger charge is -2.26. The van der Waals surface area contributed by atoms with Crippen LogP contribution >= 0.6 is 0 Å². The van der Waals surface area contributed by atoms with E-state index in [1.54, 1.807) is 29.2 Å². The molecule has 0 bridgehead atoms. The minimum absolute atomic E-state index is 0.00850. The average Bonchev–Trinajstić information content (AvgIpc) is 3.05. The zero-order valence-corrected chi connectivity index (χ0v) is 14.3. The van der Waals surface area contributed by atoms with E-state index >= 15 is 0 Å². The fourth-order valence-electron chi connectivity index (χ4n) is 3.00. The maximum absolute atomic E-state index is 12.5. The second-order valence-corrected chi connectivity index (χ2v) is 6.37. The fourth-order valence-corrected chi connectivity index (χ4v) is 3.00. The Hall–Kier alpha value is -1.88. The molecule has 1 saturated heterocycles. The lowest BCUT2D eigenvalue weighted by atomic mass is 10.1. The van der Waals surface area contributed by atoms with Crippen molar-refractivity contribution < 1.29 is 9.59 Å². The molecule has 1 aromatic rings. The van der Waals surface area contributed by atoms with Crippen LogP contribution in [0.5, 0.6) is 0 Å². The van der Waals surface area contributed by atoms with Gasteiger partial charge in [-0.2, -0.15) is 0 Å². The Morgan fingerprint density at radius 2 is 2.00 bits per heavy atom. The summed E-state index contributed by atoms with van der Waals surface area (Å²) in [4.78, 5) is 27.9. The molecule has 23 heavy (non-hydrogen) atoms. The molecule has 1 aliphatic rings. The molecule has 1 aromatic carbocycles. The monoisotopic (exact) mass is 317 g/mol. The Morgan fingerprint density at radius 1 is 1.30 bits per heavy atom. The van der Waals surface area contributed by atoms with E-state index in [2.05, 4.69) is 17.1 Å². The number of carbonyl (C=O) groups excluding carboxylic acids is 2. The summed E-state index contributed by atoms with van der Waals surface area (Å²) in [5.74, 6) is -0.145. The maximum Gasteiger partial charge on any atom is 0.253 e. The summed E-state index contributed by atoms with van der Waals surface area (Å²) >= 11 is 0. The van der Waals surface area contributed by atoms with Gasteiger partial charge in [0.2, 0.25) is 5.91 Å². The normalized spacial score (nSPS) is 16.1. The minimum Gasteiger partial charge on any atom is -0.342 e. The van der Waals surface area contributed by atoms with Crippen molar-refractivity contribution in [2.24, 2.45) is 0 Å². The van der Waals surface area contributed by atoms with E-state index in [-0.39, 0.29) is 11.8 Å². The summed E-state index contributed by atoms with van der Waals surface area (Å²) in [6.45, 7) is 6.79. The predicted octanol–water partition coefficient (Wildman–Crippen LogP) is 2.59. The van der Waals surface area contributed by atoms with E-state index in [9.17, 15) is 9.59 Å². The number of benzene rings is 1. The molecule has 0 aromatic heterocycles. The molecule has 5 heteroatoms. The van der Waals surface area contributed by atoms with Crippen LogP contribution < -0.4 is 5.32 Å². The Kier molecular flexibility index (Phi) is 6.16. The Labute approximate surface area is 138 Å². The van der Waals surface area contributed by atoms with Gasteiger partial charge in [-0.05, 0) is 57.5 Å². The highest BCUT2D eigenvalue weighted by atomic mass is 16.2. The van der Waals surface area contributed by atoms with Gasteiger partial charge in [0.1, 0.15) is 0 Å². The topological polar surface area (TPSA) is 52.7 Å². The number of rotatable bonds is 6. The molecule has 1 fully saturated rings. The lowest BCUT2D eigenvalue weighted by molar-refractivity contribution is -0.114. The van der Waals surface area contributed by atoms with Crippen LogP contribution in [0.15, 0.2) is 24.3 Å². The van der Waals surface area contributed by atoms with Crippen LogP contribution in [-0.2, 0) is 4.79 Å². The SMILES string of the molecule is CC(=O)Nc1cccc(C(=O)N(C)CC[C@@H](C)N2CCCC2)c1. The van der Waals surface area contributed by atoms with E-state index in [1.807, 2.05) is 7.05 Å². The highest BCUT2D eigenvalue weighted by Gasteiger charge is 2.19. The molecule has 1 atom stereocenters. The van der Waals surface area contributed by atoms with Crippen molar-refractivity contribution in [1.82, 2.24) is 9.80 Å². The van der Waals surface area contributed by atoms with Crippen LogP contribution in [0.3, 0.4) is 0 Å². The highest BCUT2D eigenvalue weighted by Crippen LogP contribution is 2.15. The molecule has 5 nitrogen and oxygen atoms in total. The molecular formula is C18H27N3O2. The van der Waals surface area contributed by atoms with Crippen LogP contribution in [0.4, 0.5) is 5.69 Å². The second kappa shape index (κ2) is 8.11. The average molecular weight is 317 g/mol. The van der Waals surface area contributed by atoms with Crippen LogP contribution in [0.25, 0.3) is 0 Å². The maximum atomic E-state index is 12.5.